The van der Waals surface area contributed by atoms with Crippen LogP contribution in [0.1, 0.15) is 31.9 Å². The van der Waals surface area contributed by atoms with Gasteiger partial charge in [0.15, 0.2) is 9.84 Å². The molecule has 0 saturated carbocycles. The summed E-state index contributed by atoms with van der Waals surface area (Å²) in [6.07, 6.45) is 1.77. The zero-order valence-corrected chi connectivity index (χ0v) is 13.6. The van der Waals surface area contributed by atoms with Crippen molar-refractivity contribution < 1.29 is 13.2 Å². The molecule has 2 atom stereocenters. The highest BCUT2D eigenvalue weighted by molar-refractivity contribution is 9.10. The number of benzene rings is 1. The van der Waals surface area contributed by atoms with Gasteiger partial charge < -0.3 is 5.32 Å². The van der Waals surface area contributed by atoms with E-state index in [-0.39, 0.29) is 6.04 Å². The molecule has 0 aromatic heterocycles. The summed E-state index contributed by atoms with van der Waals surface area (Å²) in [7, 11) is -3.36. The van der Waals surface area contributed by atoms with E-state index in [4.69, 9.17) is 0 Å². The molecule has 0 aliphatic rings. The molecule has 0 radical (unpaired) electrons. The van der Waals surface area contributed by atoms with Crippen molar-refractivity contribution >= 4 is 31.7 Å². The lowest BCUT2D eigenvalue weighted by Crippen LogP contribution is -2.39. The maximum atomic E-state index is 11.9. The normalized spacial score (nSPS) is 14.7. The second kappa shape index (κ2) is 6.52. The molecule has 1 N–H and O–H groups in total. The molecule has 1 rings (SSSR count). The topological polar surface area (TPSA) is 63.2 Å². The highest BCUT2D eigenvalue weighted by atomic mass is 79.9. The molecule has 0 aliphatic carbocycles. The average Bonchev–Trinajstić information content (AvgIpc) is 2.34. The number of nitrogens with one attached hydrogen (secondary N) is 1. The number of carbonyl (C=O) groups is 1. The van der Waals surface area contributed by atoms with Gasteiger partial charge in [-0.3, -0.25) is 4.79 Å². The predicted octanol–water partition coefficient (Wildman–Crippen LogP) is 2.45. The molecule has 4 nitrogen and oxygen atoms in total. The number of carbonyl (C=O) groups excluding carboxylic acids is 1. The summed E-state index contributed by atoms with van der Waals surface area (Å²) in [5.41, 5.74) is 0.958. The van der Waals surface area contributed by atoms with E-state index in [0.29, 0.717) is 6.42 Å². The van der Waals surface area contributed by atoms with Crippen LogP contribution < -0.4 is 5.32 Å². The smallest absolute Gasteiger partial charge is 0.238 e. The molecule has 1 amide bonds. The van der Waals surface area contributed by atoms with Crippen molar-refractivity contribution in [3.8, 4) is 0 Å². The van der Waals surface area contributed by atoms with Crippen LogP contribution >= 0.6 is 15.9 Å². The van der Waals surface area contributed by atoms with Gasteiger partial charge in [-0.25, -0.2) is 8.42 Å². The first-order valence-corrected chi connectivity index (χ1v) is 8.75. The molecular weight excluding hydrogens is 330 g/mol. The molecule has 0 heterocycles. The Morgan fingerprint density at radius 2 is 1.84 bits per heavy atom. The van der Waals surface area contributed by atoms with Crippen molar-refractivity contribution in [2.24, 2.45) is 0 Å². The second-order valence-electron chi connectivity index (χ2n) is 4.49. The molecule has 0 bridgehead atoms. The van der Waals surface area contributed by atoms with Gasteiger partial charge in [0, 0.05) is 10.7 Å². The molecular formula is C13H18BrNO3S. The van der Waals surface area contributed by atoms with E-state index in [1.807, 2.05) is 31.2 Å². The largest absolute Gasteiger partial charge is 0.348 e. The molecule has 0 spiro atoms. The molecule has 0 saturated heterocycles. The molecule has 1 aromatic carbocycles. The van der Waals surface area contributed by atoms with Crippen LogP contribution in [0.3, 0.4) is 0 Å². The summed E-state index contributed by atoms with van der Waals surface area (Å²) in [5, 5.41) is 1.74. The fourth-order valence-electron chi connectivity index (χ4n) is 1.60. The Kier molecular flexibility index (Phi) is 5.55. The van der Waals surface area contributed by atoms with Gasteiger partial charge in [-0.1, -0.05) is 35.0 Å². The lowest BCUT2D eigenvalue weighted by atomic mass is 10.0. The van der Waals surface area contributed by atoms with Crippen LogP contribution in [0.4, 0.5) is 0 Å². The van der Waals surface area contributed by atoms with Crippen LogP contribution in [0.25, 0.3) is 0 Å². The van der Waals surface area contributed by atoms with Crippen molar-refractivity contribution in [1.29, 1.82) is 0 Å². The van der Waals surface area contributed by atoms with Crippen molar-refractivity contribution in [3.63, 3.8) is 0 Å². The van der Waals surface area contributed by atoms with Crippen LogP contribution in [0, 0.1) is 0 Å². The summed E-state index contributed by atoms with van der Waals surface area (Å²) in [4.78, 5) is 11.9. The van der Waals surface area contributed by atoms with E-state index < -0.39 is 21.0 Å². The zero-order chi connectivity index (χ0) is 14.6. The minimum atomic E-state index is -3.36. The quantitative estimate of drug-likeness (QED) is 0.889. The van der Waals surface area contributed by atoms with Gasteiger partial charge >= 0.3 is 0 Å². The predicted molar refractivity (Wildman–Crippen MR) is 79.6 cm³/mol. The Morgan fingerprint density at radius 3 is 2.26 bits per heavy atom. The minimum Gasteiger partial charge on any atom is -0.348 e. The third kappa shape index (κ3) is 4.62. The maximum Gasteiger partial charge on any atom is 0.238 e. The molecule has 0 fully saturated rings. The molecule has 6 heteroatoms. The molecule has 19 heavy (non-hydrogen) atoms. The van der Waals surface area contributed by atoms with E-state index in [2.05, 4.69) is 21.2 Å². The number of hydrogen-bond acceptors (Lipinski definition) is 3. The van der Waals surface area contributed by atoms with Gasteiger partial charge in [0.05, 0.1) is 6.04 Å². The van der Waals surface area contributed by atoms with Gasteiger partial charge in [-0.2, -0.15) is 0 Å². The van der Waals surface area contributed by atoms with E-state index >= 15 is 0 Å². The van der Waals surface area contributed by atoms with Gasteiger partial charge in [-0.05, 0) is 31.0 Å². The van der Waals surface area contributed by atoms with Crippen LogP contribution in [-0.4, -0.2) is 25.8 Å². The molecule has 0 aliphatic heterocycles. The second-order valence-corrected chi connectivity index (χ2v) is 7.77. The SMILES string of the molecule is CC[C@H](NC(=O)[C@@H](C)S(C)(=O)=O)c1ccc(Br)cc1. The number of amides is 1. The number of rotatable bonds is 5. The lowest BCUT2D eigenvalue weighted by Gasteiger charge is -2.19. The number of hydrogen-bond donors (Lipinski definition) is 1. The monoisotopic (exact) mass is 347 g/mol. The zero-order valence-electron chi connectivity index (χ0n) is 11.2. The molecule has 0 unspecified atom stereocenters. The van der Waals surface area contributed by atoms with Crippen molar-refractivity contribution in [2.45, 2.75) is 31.6 Å². The Hall–Kier alpha value is -0.880. The fraction of sp³-hybridized carbons (Fsp3) is 0.462. The van der Waals surface area contributed by atoms with Crippen molar-refractivity contribution in [3.05, 3.63) is 34.3 Å². The van der Waals surface area contributed by atoms with Gasteiger partial charge in [-0.15, -0.1) is 0 Å². The first-order chi connectivity index (χ1) is 8.75. The van der Waals surface area contributed by atoms with Crippen molar-refractivity contribution in [1.82, 2.24) is 5.32 Å². The summed E-state index contributed by atoms with van der Waals surface area (Å²) in [5.74, 6) is -0.461. The van der Waals surface area contributed by atoms with E-state index in [0.717, 1.165) is 16.3 Å². The Bertz CT molecular complexity index is 540. The Balaban J connectivity index is 2.83. The van der Waals surface area contributed by atoms with Crippen molar-refractivity contribution in [2.75, 3.05) is 6.26 Å². The molecule has 106 valence electrons. The highest BCUT2D eigenvalue weighted by Gasteiger charge is 2.25. The van der Waals surface area contributed by atoms with Gasteiger partial charge in [0.2, 0.25) is 5.91 Å². The molecule has 1 aromatic rings. The first-order valence-electron chi connectivity index (χ1n) is 6.00. The third-order valence-electron chi connectivity index (χ3n) is 3.01. The maximum absolute atomic E-state index is 11.9. The standard InChI is InChI=1S/C13H18BrNO3S/c1-4-12(10-5-7-11(14)8-6-10)15-13(16)9(2)19(3,17)18/h5-9,12H,4H2,1-3H3,(H,15,16)/t9-,12+/m1/s1. The fourth-order valence-corrected chi connectivity index (χ4v) is 2.32. The van der Waals surface area contributed by atoms with Crippen LogP contribution in [-0.2, 0) is 14.6 Å². The summed E-state index contributed by atoms with van der Waals surface area (Å²) in [6, 6.07) is 7.42. The van der Waals surface area contributed by atoms with E-state index in [1.165, 1.54) is 6.92 Å². The summed E-state index contributed by atoms with van der Waals surface area (Å²) in [6.45, 7) is 3.34. The Labute approximate surface area is 122 Å². The van der Waals surface area contributed by atoms with Crippen LogP contribution in [0.5, 0.6) is 0 Å². The minimum absolute atomic E-state index is 0.176. The van der Waals surface area contributed by atoms with E-state index in [9.17, 15) is 13.2 Å². The average molecular weight is 348 g/mol. The number of sulfone groups is 1. The van der Waals surface area contributed by atoms with Crippen LogP contribution in [0.2, 0.25) is 0 Å². The van der Waals surface area contributed by atoms with Gasteiger partial charge in [0.1, 0.15) is 5.25 Å². The van der Waals surface area contributed by atoms with Crippen LogP contribution in [0.15, 0.2) is 28.7 Å². The number of halogens is 1. The lowest BCUT2D eigenvalue weighted by molar-refractivity contribution is -0.121. The summed E-state index contributed by atoms with van der Waals surface area (Å²) < 4.78 is 23.7. The Morgan fingerprint density at radius 1 is 1.32 bits per heavy atom. The van der Waals surface area contributed by atoms with Gasteiger partial charge in [0.25, 0.3) is 0 Å². The highest BCUT2D eigenvalue weighted by Crippen LogP contribution is 2.19. The first kappa shape index (κ1) is 16.2. The third-order valence-corrected chi connectivity index (χ3v) is 5.04. The summed E-state index contributed by atoms with van der Waals surface area (Å²) >= 11 is 3.35. The van der Waals surface area contributed by atoms with E-state index in [1.54, 1.807) is 0 Å².